The number of ether oxygens (including phenoxy) is 5. The van der Waals surface area contributed by atoms with Crippen LogP contribution in [-0.4, -0.2) is 90.7 Å². The van der Waals surface area contributed by atoms with E-state index in [-0.39, 0.29) is 82.3 Å². The number of hydrogen-bond acceptors (Lipinski definition) is 10. The van der Waals surface area contributed by atoms with Crippen molar-refractivity contribution in [3.8, 4) is 35.2 Å². The number of hydrogen-bond donors (Lipinski definition) is 0. The van der Waals surface area contributed by atoms with Crippen LogP contribution in [0.4, 0.5) is 19.4 Å². The summed E-state index contributed by atoms with van der Waals surface area (Å²) >= 11 is 0. The lowest BCUT2D eigenvalue weighted by molar-refractivity contribution is -0.128. The molecule has 1 amide bonds. The van der Waals surface area contributed by atoms with Gasteiger partial charge in [0, 0.05) is 47.5 Å². The predicted molar refractivity (Wildman–Crippen MR) is 206 cm³/mol. The van der Waals surface area contributed by atoms with Gasteiger partial charge in [-0.05, 0) is 101 Å². The Morgan fingerprint density at radius 1 is 1.04 bits per heavy atom. The summed E-state index contributed by atoms with van der Waals surface area (Å²) in [5.41, 5.74) is -0.949. The molecule has 9 rings (SSSR count). The summed E-state index contributed by atoms with van der Waals surface area (Å²) in [7, 11) is 1.47. The summed E-state index contributed by atoms with van der Waals surface area (Å²) in [6.45, 7) is 8.41. The third kappa shape index (κ3) is 6.87. The number of methoxy groups -OCH3 is 1. The van der Waals surface area contributed by atoms with Crippen LogP contribution in [0.15, 0.2) is 30.3 Å². The molecule has 1 aliphatic carbocycles. The first-order valence-electron chi connectivity index (χ1n) is 19.2. The fourth-order valence-corrected chi connectivity index (χ4v) is 8.90. The number of aromatic nitrogens is 2. The predicted octanol–water partition coefficient (Wildman–Crippen LogP) is 7.82. The molecular weight excluding hydrogens is 722 g/mol. The second kappa shape index (κ2) is 14.5. The first kappa shape index (κ1) is 37.8. The van der Waals surface area contributed by atoms with Crippen LogP contribution in [-0.2, 0) is 14.2 Å². The molecule has 4 aliphatic heterocycles. The third-order valence-corrected chi connectivity index (χ3v) is 11.6. The van der Waals surface area contributed by atoms with Gasteiger partial charge in [0.2, 0.25) is 0 Å². The van der Waals surface area contributed by atoms with E-state index in [0.29, 0.717) is 42.0 Å². The molecule has 4 aromatic rings. The van der Waals surface area contributed by atoms with Crippen molar-refractivity contribution in [2.75, 3.05) is 45.1 Å². The molecule has 4 bridgehead atoms. The third-order valence-electron chi connectivity index (χ3n) is 11.6. The lowest BCUT2D eigenvalue weighted by atomic mass is 9.72. The highest BCUT2D eigenvalue weighted by Gasteiger charge is 2.46. The Balaban J connectivity index is 1.30. The Morgan fingerprint density at radius 3 is 2.39 bits per heavy atom. The lowest BCUT2D eigenvalue weighted by Gasteiger charge is -2.45. The van der Waals surface area contributed by atoms with Gasteiger partial charge in [0.1, 0.15) is 28.5 Å². The van der Waals surface area contributed by atoms with Crippen molar-refractivity contribution < 1.29 is 42.1 Å². The quantitative estimate of drug-likeness (QED) is 0.0950. The van der Waals surface area contributed by atoms with E-state index in [0.717, 1.165) is 38.5 Å². The highest BCUT2D eigenvalue weighted by atomic mass is 19.1. The van der Waals surface area contributed by atoms with Gasteiger partial charge in [0.25, 0.3) is 0 Å². The number of terminal acetylenes is 1. The summed E-state index contributed by atoms with van der Waals surface area (Å²) in [5, 5.41) is 1.02. The van der Waals surface area contributed by atoms with Crippen molar-refractivity contribution in [1.29, 1.82) is 0 Å². The minimum Gasteiger partial charge on any atom is -0.468 e. The number of fused-ring (bicyclic) bond motifs is 7. The molecule has 3 aromatic carbocycles. The zero-order chi connectivity index (χ0) is 39.5. The molecule has 5 heterocycles. The molecule has 1 aromatic heterocycles. The van der Waals surface area contributed by atoms with Crippen molar-refractivity contribution in [3.63, 3.8) is 0 Å². The molecule has 13 heteroatoms. The van der Waals surface area contributed by atoms with Crippen LogP contribution in [0.5, 0.6) is 11.8 Å². The minimum atomic E-state index is -0.825. The molecule has 5 fully saturated rings. The van der Waals surface area contributed by atoms with Crippen LogP contribution in [0.25, 0.3) is 32.8 Å². The summed E-state index contributed by atoms with van der Waals surface area (Å²) in [4.78, 5) is 40.4. The van der Waals surface area contributed by atoms with E-state index in [4.69, 9.17) is 40.1 Å². The molecule has 294 valence electrons. The van der Waals surface area contributed by atoms with Crippen molar-refractivity contribution >= 4 is 39.4 Å². The number of amides is 1. The zero-order valence-corrected chi connectivity index (χ0v) is 32.4. The summed E-state index contributed by atoms with van der Waals surface area (Å²) in [5.74, 6) is 1.18. The molecule has 0 N–H and O–H groups in total. The van der Waals surface area contributed by atoms with Gasteiger partial charge in [-0.2, -0.15) is 9.97 Å². The number of piperazine rings is 1. The van der Waals surface area contributed by atoms with E-state index >= 15 is 8.78 Å². The maximum atomic E-state index is 17.8. The van der Waals surface area contributed by atoms with Gasteiger partial charge in [0.15, 0.2) is 18.4 Å². The van der Waals surface area contributed by atoms with Crippen LogP contribution in [0.3, 0.4) is 0 Å². The Morgan fingerprint density at radius 2 is 1.77 bits per heavy atom. The number of Topliss-reactive ketones (excluding diaryl/α,β-unsaturated/α-hetero) is 1. The van der Waals surface area contributed by atoms with Gasteiger partial charge in [-0.3, -0.25) is 9.69 Å². The second-order valence-electron chi connectivity index (χ2n) is 16.6. The van der Waals surface area contributed by atoms with Gasteiger partial charge >= 0.3 is 12.1 Å². The smallest absolute Gasteiger partial charge is 0.410 e. The van der Waals surface area contributed by atoms with Gasteiger partial charge < -0.3 is 28.6 Å². The topological polar surface area (TPSA) is 113 Å². The van der Waals surface area contributed by atoms with E-state index < -0.39 is 23.0 Å². The molecule has 0 radical (unpaired) electrons. The normalized spacial score (nSPS) is 23.1. The monoisotopic (exact) mass is 768 g/mol. The maximum absolute atomic E-state index is 17.8. The maximum Gasteiger partial charge on any atom is 0.410 e. The molecule has 2 atom stereocenters. The first-order valence-corrected chi connectivity index (χ1v) is 19.2. The van der Waals surface area contributed by atoms with Gasteiger partial charge in [-0.25, -0.2) is 13.6 Å². The summed E-state index contributed by atoms with van der Waals surface area (Å²) in [6, 6.07) is 7.17. The molecule has 0 unspecified atom stereocenters. The number of carbonyl (C=O) groups excluding carboxylic acids is 2. The van der Waals surface area contributed by atoms with Crippen molar-refractivity contribution in [3.05, 3.63) is 53.1 Å². The molecule has 4 saturated heterocycles. The number of rotatable bonds is 9. The minimum absolute atomic E-state index is 0.0192. The van der Waals surface area contributed by atoms with Crippen LogP contribution in [0.1, 0.15) is 82.1 Å². The van der Waals surface area contributed by atoms with E-state index in [1.54, 1.807) is 12.1 Å². The molecular formula is C43H46F2N4O7. The van der Waals surface area contributed by atoms with Gasteiger partial charge in [0.05, 0.1) is 37.0 Å². The number of halogens is 2. The highest BCUT2D eigenvalue weighted by Crippen LogP contribution is 2.46. The fraction of sp³-hybridized carbons (Fsp3) is 0.488. The van der Waals surface area contributed by atoms with Crippen LogP contribution in [0, 0.1) is 29.4 Å². The molecule has 5 aliphatic rings. The molecule has 11 nitrogen and oxygen atoms in total. The largest absolute Gasteiger partial charge is 0.468 e. The Kier molecular flexibility index (Phi) is 9.77. The number of carbonyl (C=O) groups is 2. The number of nitrogens with zero attached hydrogens (tertiary/aromatic N) is 4. The zero-order valence-electron chi connectivity index (χ0n) is 32.4. The van der Waals surface area contributed by atoms with Gasteiger partial charge in [-0.1, -0.05) is 12.0 Å². The van der Waals surface area contributed by atoms with Crippen LogP contribution >= 0.6 is 0 Å². The average molecular weight is 769 g/mol. The van der Waals surface area contributed by atoms with Crippen LogP contribution < -0.4 is 14.4 Å². The average Bonchev–Trinajstić information content (AvgIpc) is 3.45. The Labute approximate surface area is 324 Å². The summed E-state index contributed by atoms with van der Waals surface area (Å²) in [6.07, 6.45) is 11.1. The van der Waals surface area contributed by atoms with Crippen molar-refractivity contribution in [2.45, 2.75) is 90.0 Å². The van der Waals surface area contributed by atoms with Crippen molar-refractivity contribution in [1.82, 2.24) is 14.9 Å². The number of benzene rings is 3. The fourth-order valence-electron chi connectivity index (χ4n) is 8.90. The van der Waals surface area contributed by atoms with Gasteiger partial charge in [-0.15, -0.1) is 6.42 Å². The van der Waals surface area contributed by atoms with E-state index in [1.807, 2.05) is 30.6 Å². The Bertz CT molecular complexity index is 2250. The van der Waals surface area contributed by atoms with E-state index in [1.165, 1.54) is 32.2 Å². The standard InChI is InChI=1S/C43H46F2N4O7/c1-7-30-34(44)11-8-25-16-29(55-23-52-6)17-32(35(25)30)36-31(24(2)50)18-33-38(37(36)45)46-40(54-22-43-14-12-28(13-15-43)53-21-43)47-39(33)48-19-26-9-10-27(20-48)49(26)41(51)56-42(3,4)5/h1,8,11,16-18,26-28H,9-10,12-15,19-23H2,2-6H3/t26-,27+,28?,43?. The molecule has 1 saturated carbocycles. The van der Waals surface area contributed by atoms with Crippen molar-refractivity contribution in [2.24, 2.45) is 5.41 Å². The number of anilines is 1. The lowest BCUT2D eigenvalue weighted by Crippen LogP contribution is -2.57. The van der Waals surface area contributed by atoms with Crippen LogP contribution in [0.2, 0.25) is 0 Å². The SMILES string of the molecule is C#Cc1c(F)ccc2cc(OCOC)cc(-c3c(C(C)=O)cc4c(N5C[C@H]6CC[C@@H](C5)N6C(=O)OC(C)(C)C)nc(OCC56CCC(CC5)OC6)nc4c3F)c12. The van der Waals surface area contributed by atoms with E-state index in [9.17, 15) is 9.59 Å². The second-order valence-corrected chi connectivity index (χ2v) is 16.6. The molecule has 56 heavy (non-hydrogen) atoms. The Hall–Kier alpha value is -5.06. The number of ketones is 1. The highest BCUT2D eigenvalue weighted by molar-refractivity contribution is 6.12. The first-order chi connectivity index (χ1) is 26.8. The molecule has 0 spiro atoms. The summed E-state index contributed by atoms with van der Waals surface area (Å²) < 4.78 is 62.2. The van der Waals surface area contributed by atoms with E-state index in [2.05, 4.69) is 5.92 Å².